The van der Waals surface area contributed by atoms with Gasteiger partial charge < -0.3 is 14.3 Å². The van der Waals surface area contributed by atoms with Crippen LogP contribution in [0.15, 0.2) is 54.0 Å². The van der Waals surface area contributed by atoms with Crippen molar-refractivity contribution < 1.29 is 14.3 Å². The monoisotopic (exact) mass is 401 g/mol. The van der Waals surface area contributed by atoms with E-state index in [9.17, 15) is 5.11 Å². The van der Waals surface area contributed by atoms with Crippen molar-refractivity contribution in [1.82, 2.24) is 4.90 Å². The van der Waals surface area contributed by atoms with E-state index in [4.69, 9.17) is 9.15 Å². The third-order valence-electron chi connectivity index (χ3n) is 5.13. The van der Waals surface area contributed by atoms with Crippen LogP contribution < -0.4 is 0 Å². The van der Waals surface area contributed by atoms with Gasteiger partial charge in [-0.15, -0.1) is 24.5 Å². The highest BCUT2D eigenvalue weighted by Gasteiger charge is 2.30. The lowest BCUT2D eigenvalue weighted by Crippen LogP contribution is -2.31. The Hall–Kier alpha value is -1.66. The van der Waals surface area contributed by atoms with Crippen LogP contribution in [0.3, 0.4) is 0 Å². The van der Waals surface area contributed by atoms with E-state index in [1.54, 1.807) is 12.2 Å². The van der Waals surface area contributed by atoms with Crippen LogP contribution >= 0.6 is 11.3 Å². The summed E-state index contributed by atoms with van der Waals surface area (Å²) in [7, 11) is 0. The first kappa shape index (κ1) is 21.1. The number of furan rings is 1. The molecule has 0 radical (unpaired) electrons. The molecule has 3 heterocycles. The molecular weight excluding hydrogens is 370 g/mol. The third-order valence-corrected chi connectivity index (χ3v) is 6.11. The Kier molecular flexibility index (Phi) is 7.30. The SMILES string of the molecule is C=CCC(O)(CC=C)c1ccc(CN(Cc2ccc(C)s2)C[C@@H]2CCCO2)o1. The highest BCUT2D eigenvalue weighted by molar-refractivity contribution is 7.11. The fraction of sp³-hybridized carbons (Fsp3) is 0.478. The van der Waals surface area contributed by atoms with Gasteiger partial charge in [-0.3, -0.25) is 4.90 Å². The molecule has 0 aliphatic carbocycles. The molecule has 3 rings (SSSR count). The Labute approximate surface area is 172 Å². The highest BCUT2D eigenvalue weighted by atomic mass is 32.1. The molecular formula is C23H31NO3S. The summed E-state index contributed by atoms with van der Waals surface area (Å²) in [5.41, 5.74) is -1.08. The van der Waals surface area contributed by atoms with Crippen molar-refractivity contribution in [1.29, 1.82) is 0 Å². The van der Waals surface area contributed by atoms with Gasteiger partial charge in [0.25, 0.3) is 0 Å². The summed E-state index contributed by atoms with van der Waals surface area (Å²) in [4.78, 5) is 5.05. The number of aliphatic hydroxyl groups is 1. The number of rotatable bonds is 11. The highest BCUT2D eigenvalue weighted by Crippen LogP contribution is 2.32. The van der Waals surface area contributed by atoms with Crippen molar-refractivity contribution in [2.24, 2.45) is 0 Å². The molecule has 28 heavy (non-hydrogen) atoms. The van der Waals surface area contributed by atoms with Crippen molar-refractivity contribution in [3.8, 4) is 0 Å². The van der Waals surface area contributed by atoms with Crippen LogP contribution in [0.25, 0.3) is 0 Å². The number of nitrogens with zero attached hydrogens (tertiary/aromatic N) is 1. The molecule has 0 bridgehead atoms. The van der Waals surface area contributed by atoms with Crippen molar-refractivity contribution in [3.05, 3.63) is 70.9 Å². The van der Waals surface area contributed by atoms with E-state index >= 15 is 0 Å². The molecule has 0 aromatic carbocycles. The second kappa shape index (κ2) is 9.70. The predicted octanol–water partition coefficient (Wildman–Crippen LogP) is 5.17. The van der Waals surface area contributed by atoms with Crippen molar-refractivity contribution in [3.63, 3.8) is 0 Å². The molecule has 1 fully saturated rings. The van der Waals surface area contributed by atoms with Crippen molar-refractivity contribution >= 4 is 11.3 Å². The number of ether oxygens (including phenoxy) is 1. The molecule has 0 saturated carbocycles. The van der Waals surface area contributed by atoms with Gasteiger partial charge in [-0.05, 0) is 44.0 Å². The smallest absolute Gasteiger partial charge is 0.136 e. The first-order valence-electron chi connectivity index (χ1n) is 9.95. The summed E-state index contributed by atoms with van der Waals surface area (Å²) >= 11 is 1.83. The Bertz CT molecular complexity index is 762. The predicted molar refractivity (Wildman–Crippen MR) is 114 cm³/mol. The molecule has 1 atom stereocenters. The van der Waals surface area contributed by atoms with E-state index in [1.165, 1.54) is 9.75 Å². The van der Waals surface area contributed by atoms with Gasteiger partial charge in [-0.1, -0.05) is 12.2 Å². The average molecular weight is 402 g/mol. The zero-order chi connectivity index (χ0) is 20.0. The number of aryl methyl sites for hydroxylation is 1. The van der Waals surface area contributed by atoms with Gasteiger partial charge >= 0.3 is 0 Å². The van der Waals surface area contributed by atoms with E-state index in [1.807, 2.05) is 23.5 Å². The Balaban J connectivity index is 1.73. The molecule has 0 unspecified atom stereocenters. The molecule has 1 aliphatic rings. The maximum Gasteiger partial charge on any atom is 0.136 e. The van der Waals surface area contributed by atoms with Gasteiger partial charge in [-0.25, -0.2) is 0 Å². The van der Waals surface area contributed by atoms with Gasteiger partial charge in [0.05, 0.1) is 12.6 Å². The average Bonchev–Trinajstić information content (AvgIpc) is 3.39. The summed E-state index contributed by atoms with van der Waals surface area (Å²) in [6, 6.07) is 8.21. The largest absolute Gasteiger partial charge is 0.462 e. The standard InChI is InChI=1S/C23H31NO3S/c1-4-12-23(25,13-5-2)22-11-9-20(27-22)16-24(15-19-7-6-14-26-19)17-21-10-8-18(3)28-21/h4-5,8-11,19,25H,1-2,6-7,12-17H2,3H3/t19-/m0/s1. The first-order valence-corrected chi connectivity index (χ1v) is 10.8. The second-order valence-electron chi connectivity index (χ2n) is 7.60. The summed E-state index contributed by atoms with van der Waals surface area (Å²) in [5, 5.41) is 10.9. The zero-order valence-corrected chi connectivity index (χ0v) is 17.5. The van der Waals surface area contributed by atoms with Crippen LogP contribution in [-0.2, 0) is 23.4 Å². The summed E-state index contributed by atoms with van der Waals surface area (Å²) in [6.45, 7) is 13.0. The van der Waals surface area contributed by atoms with E-state index in [0.29, 0.717) is 25.1 Å². The quantitative estimate of drug-likeness (QED) is 0.528. The Morgan fingerprint density at radius 1 is 1.21 bits per heavy atom. The Morgan fingerprint density at radius 3 is 2.61 bits per heavy atom. The summed E-state index contributed by atoms with van der Waals surface area (Å²) < 4.78 is 11.9. The fourth-order valence-electron chi connectivity index (χ4n) is 3.75. The van der Waals surface area contributed by atoms with Crippen LogP contribution in [-0.4, -0.2) is 29.3 Å². The van der Waals surface area contributed by atoms with Crippen molar-refractivity contribution in [2.45, 2.75) is 57.4 Å². The molecule has 0 amide bonds. The van der Waals surface area contributed by atoms with Crippen LogP contribution in [0, 0.1) is 6.92 Å². The minimum absolute atomic E-state index is 0.286. The number of hydrogen-bond donors (Lipinski definition) is 1. The lowest BCUT2D eigenvalue weighted by molar-refractivity contribution is 0.0178. The van der Waals surface area contributed by atoms with Crippen LogP contribution in [0.5, 0.6) is 0 Å². The van der Waals surface area contributed by atoms with E-state index in [2.05, 4.69) is 37.1 Å². The topological polar surface area (TPSA) is 45.8 Å². The third kappa shape index (κ3) is 5.45. The minimum atomic E-state index is -1.08. The molecule has 0 spiro atoms. The van der Waals surface area contributed by atoms with Gasteiger partial charge in [0.2, 0.25) is 0 Å². The van der Waals surface area contributed by atoms with Crippen molar-refractivity contribution in [2.75, 3.05) is 13.2 Å². The van der Waals surface area contributed by atoms with Crippen LogP contribution in [0.4, 0.5) is 0 Å². The lowest BCUT2D eigenvalue weighted by Gasteiger charge is -2.25. The summed E-state index contributed by atoms with van der Waals surface area (Å²) in [5.74, 6) is 1.43. The van der Waals surface area contributed by atoms with Crippen LogP contribution in [0.1, 0.15) is 47.0 Å². The first-order chi connectivity index (χ1) is 13.5. The van der Waals surface area contributed by atoms with Crippen LogP contribution in [0.2, 0.25) is 0 Å². The fourth-order valence-corrected chi connectivity index (χ4v) is 4.68. The maximum atomic E-state index is 10.9. The van der Waals surface area contributed by atoms with Gasteiger partial charge in [-0.2, -0.15) is 0 Å². The molecule has 152 valence electrons. The molecule has 4 nitrogen and oxygen atoms in total. The Morgan fingerprint density at radius 2 is 2.00 bits per heavy atom. The molecule has 5 heteroatoms. The minimum Gasteiger partial charge on any atom is -0.462 e. The second-order valence-corrected chi connectivity index (χ2v) is 8.97. The van der Waals surface area contributed by atoms with Gasteiger partial charge in [0, 0.05) is 42.3 Å². The molecule has 1 aliphatic heterocycles. The normalized spacial score (nSPS) is 17.3. The number of hydrogen-bond acceptors (Lipinski definition) is 5. The molecule has 1 saturated heterocycles. The molecule has 1 N–H and O–H groups in total. The van der Waals surface area contributed by atoms with E-state index in [0.717, 1.165) is 38.3 Å². The van der Waals surface area contributed by atoms with Gasteiger partial charge in [0.1, 0.15) is 17.1 Å². The maximum absolute atomic E-state index is 10.9. The molecule has 2 aromatic rings. The molecule has 2 aromatic heterocycles. The zero-order valence-electron chi connectivity index (χ0n) is 16.7. The van der Waals surface area contributed by atoms with Gasteiger partial charge in [0.15, 0.2) is 0 Å². The van der Waals surface area contributed by atoms with E-state index < -0.39 is 5.60 Å². The lowest BCUT2D eigenvalue weighted by atomic mass is 9.93. The summed E-state index contributed by atoms with van der Waals surface area (Å²) in [6.07, 6.45) is 6.83. The number of thiophene rings is 1. The van der Waals surface area contributed by atoms with E-state index in [-0.39, 0.29) is 6.10 Å².